The van der Waals surface area contributed by atoms with E-state index in [1.54, 1.807) is 12.5 Å². The van der Waals surface area contributed by atoms with Gasteiger partial charge in [-0.3, -0.25) is 0 Å². The van der Waals surface area contributed by atoms with Crippen molar-refractivity contribution in [3.8, 4) is 11.4 Å². The predicted octanol–water partition coefficient (Wildman–Crippen LogP) is 3.57. The molecular weight excluding hydrogens is 348 g/mol. The summed E-state index contributed by atoms with van der Waals surface area (Å²) in [6.45, 7) is 1.65. The van der Waals surface area contributed by atoms with E-state index in [1.165, 1.54) is 0 Å². The van der Waals surface area contributed by atoms with Crippen LogP contribution in [0.3, 0.4) is 0 Å². The number of halogens is 1. The van der Waals surface area contributed by atoms with E-state index in [0.29, 0.717) is 5.02 Å². The number of fused-ring (bicyclic) bond motifs is 2. The standard InChI is InChI=1S/C19H17ClN6/c1-25-17-5-3-2-4-15(17)24-19(25)12-8-18(21-9-13(12)20)26-7-6-14-16(10-26)23-11-22-14/h2-5,8-9,11H,6-7,10H2,1H3,(H,22,23). The molecule has 4 heterocycles. The average Bonchev–Trinajstić information content (AvgIpc) is 3.26. The van der Waals surface area contributed by atoms with Crippen LogP contribution in [0.5, 0.6) is 0 Å². The average molecular weight is 365 g/mol. The van der Waals surface area contributed by atoms with Gasteiger partial charge >= 0.3 is 0 Å². The van der Waals surface area contributed by atoms with Gasteiger partial charge in [0.05, 0.1) is 40.3 Å². The summed E-state index contributed by atoms with van der Waals surface area (Å²) in [5.41, 5.74) is 5.23. The van der Waals surface area contributed by atoms with Crippen LogP contribution >= 0.6 is 11.6 Å². The Labute approximate surface area is 155 Å². The summed E-state index contributed by atoms with van der Waals surface area (Å²) in [6, 6.07) is 10.1. The van der Waals surface area contributed by atoms with Gasteiger partial charge in [-0.15, -0.1) is 0 Å². The number of H-pyrrole nitrogens is 1. The highest BCUT2D eigenvalue weighted by Crippen LogP contribution is 2.32. The van der Waals surface area contributed by atoms with Crippen LogP contribution < -0.4 is 4.90 Å². The molecule has 1 N–H and O–H groups in total. The topological polar surface area (TPSA) is 62.6 Å². The monoisotopic (exact) mass is 364 g/mol. The van der Waals surface area contributed by atoms with Crippen LogP contribution in [0.1, 0.15) is 11.4 Å². The van der Waals surface area contributed by atoms with Crippen molar-refractivity contribution in [2.75, 3.05) is 11.4 Å². The van der Waals surface area contributed by atoms with Gasteiger partial charge < -0.3 is 14.5 Å². The lowest BCUT2D eigenvalue weighted by atomic mass is 10.1. The Kier molecular flexibility index (Phi) is 3.46. The molecule has 0 spiro atoms. The first-order valence-electron chi connectivity index (χ1n) is 8.54. The number of hydrogen-bond acceptors (Lipinski definition) is 4. The highest BCUT2D eigenvalue weighted by Gasteiger charge is 2.21. The molecule has 0 saturated carbocycles. The van der Waals surface area contributed by atoms with Gasteiger partial charge in [-0.25, -0.2) is 15.0 Å². The third-order valence-electron chi connectivity index (χ3n) is 4.97. The third-order valence-corrected chi connectivity index (χ3v) is 5.27. The number of nitrogens with zero attached hydrogens (tertiary/aromatic N) is 5. The molecule has 0 bridgehead atoms. The molecule has 5 rings (SSSR count). The maximum absolute atomic E-state index is 6.48. The smallest absolute Gasteiger partial charge is 0.142 e. The summed E-state index contributed by atoms with van der Waals surface area (Å²) in [7, 11) is 2.01. The minimum atomic E-state index is 0.603. The first-order chi connectivity index (χ1) is 12.7. The molecule has 1 aliphatic rings. The highest BCUT2D eigenvalue weighted by atomic mass is 35.5. The molecule has 6 nitrogen and oxygen atoms in total. The number of pyridine rings is 1. The maximum Gasteiger partial charge on any atom is 0.142 e. The first-order valence-corrected chi connectivity index (χ1v) is 8.92. The Balaban J connectivity index is 1.58. The Morgan fingerprint density at radius 2 is 2.08 bits per heavy atom. The fourth-order valence-electron chi connectivity index (χ4n) is 3.57. The van der Waals surface area contributed by atoms with Crippen molar-refractivity contribution < 1.29 is 0 Å². The number of hydrogen-bond donors (Lipinski definition) is 1. The van der Waals surface area contributed by atoms with Crippen molar-refractivity contribution in [1.29, 1.82) is 0 Å². The van der Waals surface area contributed by atoms with Gasteiger partial charge in [-0.1, -0.05) is 23.7 Å². The van der Waals surface area contributed by atoms with E-state index in [1.807, 2.05) is 31.3 Å². The number of para-hydroxylation sites is 2. The SMILES string of the molecule is Cn1c(-c2cc(N3CCc4nc[nH]c4C3)ncc2Cl)nc2ccccc21. The molecule has 0 amide bonds. The van der Waals surface area contributed by atoms with Crippen molar-refractivity contribution >= 4 is 28.5 Å². The molecule has 0 saturated heterocycles. The molecule has 4 aromatic rings. The molecule has 0 fully saturated rings. The minimum absolute atomic E-state index is 0.603. The number of anilines is 1. The zero-order chi connectivity index (χ0) is 17.7. The summed E-state index contributed by atoms with van der Waals surface area (Å²) < 4.78 is 2.07. The van der Waals surface area contributed by atoms with E-state index in [9.17, 15) is 0 Å². The molecule has 0 aliphatic carbocycles. The summed E-state index contributed by atoms with van der Waals surface area (Å²) in [5.74, 6) is 1.75. The van der Waals surface area contributed by atoms with E-state index in [0.717, 1.165) is 59.1 Å². The predicted molar refractivity (Wildman–Crippen MR) is 102 cm³/mol. The molecule has 3 aromatic heterocycles. The van der Waals surface area contributed by atoms with Crippen molar-refractivity contribution in [1.82, 2.24) is 24.5 Å². The number of rotatable bonds is 2. The summed E-state index contributed by atoms with van der Waals surface area (Å²) in [4.78, 5) is 19.1. The number of nitrogens with one attached hydrogen (secondary N) is 1. The second-order valence-corrected chi connectivity index (χ2v) is 6.91. The van der Waals surface area contributed by atoms with Crippen LogP contribution in [0.15, 0.2) is 42.9 Å². The van der Waals surface area contributed by atoms with Crippen LogP contribution in [0.2, 0.25) is 5.02 Å². The van der Waals surface area contributed by atoms with Crippen molar-refractivity contribution in [2.24, 2.45) is 7.05 Å². The third kappa shape index (κ3) is 2.37. The zero-order valence-corrected chi connectivity index (χ0v) is 15.0. The van der Waals surface area contributed by atoms with Gasteiger partial charge in [0.1, 0.15) is 11.6 Å². The lowest BCUT2D eigenvalue weighted by Crippen LogP contribution is -2.31. The number of aryl methyl sites for hydroxylation is 1. The Morgan fingerprint density at radius 1 is 1.19 bits per heavy atom. The van der Waals surface area contributed by atoms with E-state index in [-0.39, 0.29) is 0 Å². The molecular formula is C19H17ClN6. The van der Waals surface area contributed by atoms with Gasteiger partial charge in [0.2, 0.25) is 0 Å². The molecule has 26 heavy (non-hydrogen) atoms. The van der Waals surface area contributed by atoms with E-state index in [4.69, 9.17) is 16.6 Å². The van der Waals surface area contributed by atoms with Crippen LogP contribution in [0.4, 0.5) is 5.82 Å². The molecule has 0 atom stereocenters. The first kappa shape index (κ1) is 15.4. The van der Waals surface area contributed by atoms with Gasteiger partial charge in [-0.05, 0) is 18.2 Å². The summed E-state index contributed by atoms with van der Waals surface area (Å²) >= 11 is 6.48. The Bertz CT molecular complexity index is 1110. The molecule has 7 heteroatoms. The molecule has 0 radical (unpaired) electrons. The second kappa shape index (κ2) is 5.85. The normalized spacial score (nSPS) is 14.0. The van der Waals surface area contributed by atoms with Crippen LogP contribution in [-0.2, 0) is 20.0 Å². The number of benzene rings is 1. The van der Waals surface area contributed by atoms with E-state index < -0.39 is 0 Å². The van der Waals surface area contributed by atoms with Crippen molar-refractivity contribution in [3.05, 3.63) is 59.3 Å². The second-order valence-electron chi connectivity index (χ2n) is 6.50. The van der Waals surface area contributed by atoms with Crippen LogP contribution in [0.25, 0.3) is 22.4 Å². The quantitative estimate of drug-likeness (QED) is 0.590. The summed E-state index contributed by atoms with van der Waals surface area (Å²) in [5, 5.41) is 0.603. The fourth-order valence-corrected chi connectivity index (χ4v) is 3.75. The number of aromatic amines is 1. The Morgan fingerprint density at radius 3 is 2.96 bits per heavy atom. The van der Waals surface area contributed by atoms with E-state index in [2.05, 4.69) is 30.5 Å². The lowest BCUT2D eigenvalue weighted by Gasteiger charge is -2.27. The summed E-state index contributed by atoms with van der Waals surface area (Å²) in [6.07, 6.45) is 4.38. The van der Waals surface area contributed by atoms with Gasteiger partial charge in [-0.2, -0.15) is 0 Å². The van der Waals surface area contributed by atoms with E-state index >= 15 is 0 Å². The minimum Gasteiger partial charge on any atom is -0.350 e. The Hall–Kier alpha value is -2.86. The largest absolute Gasteiger partial charge is 0.350 e. The van der Waals surface area contributed by atoms with Gasteiger partial charge in [0, 0.05) is 31.8 Å². The molecule has 1 aliphatic heterocycles. The zero-order valence-electron chi connectivity index (χ0n) is 14.3. The molecule has 0 unspecified atom stereocenters. The van der Waals surface area contributed by atoms with Gasteiger partial charge in [0.15, 0.2) is 0 Å². The van der Waals surface area contributed by atoms with Crippen molar-refractivity contribution in [3.63, 3.8) is 0 Å². The molecule has 130 valence electrons. The van der Waals surface area contributed by atoms with Crippen LogP contribution in [-0.4, -0.2) is 31.0 Å². The van der Waals surface area contributed by atoms with Crippen molar-refractivity contribution in [2.45, 2.75) is 13.0 Å². The number of imidazole rings is 2. The van der Waals surface area contributed by atoms with Gasteiger partial charge in [0.25, 0.3) is 0 Å². The highest BCUT2D eigenvalue weighted by molar-refractivity contribution is 6.33. The number of aromatic nitrogens is 5. The maximum atomic E-state index is 6.48. The fraction of sp³-hybridized carbons (Fsp3) is 0.211. The molecule has 1 aromatic carbocycles. The van der Waals surface area contributed by atoms with Crippen LogP contribution in [0, 0.1) is 0 Å². The lowest BCUT2D eigenvalue weighted by molar-refractivity contribution is 0.701.